The Hall–Kier alpha value is -3.88. The second-order valence-corrected chi connectivity index (χ2v) is 10.4. The van der Waals surface area contributed by atoms with Crippen LogP contribution in [0.1, 0.15) is 37.0 Å². The Labute approximate surface area is 225 Å². The second kappa shape index (κ2) is 11.1. The van der Waals surface area contributed by atoms with E-state index in [2.05, 4.69) is 12.1 Å². The van der Waals surface area contributed by atoms with E-state index in [1.807, 2.05) is 30.3 Å². The van der Waals surface area contributed by atoms with Gasteiger partial charge in [-0.05, 0) is 46.7 Å². The molecule has 1 atom stereocenters. The number of fused-ring (bicyclic) bond motifs is 1. The summed E-state index contributed by atoms with van der Waals surface area (Å²) < 4.78 is 44.6. The first-order chi connectivity index (χ1) is 18.4. The predicted octanol–water partition coefficient (Wildman–Crippen LogP) is 6.35. The van der Waals surface area contributed by atoms with E-state index in [4.69, 9.17) is 4.84 Å². The van der Waals surface area contributed by atoms with Crippen LogP contribution in [-0.2, 0) is 23.4 Å². The lowest BCUT2D eigenvalue weighted by atomic mass is 9.74. The number of aliphatic hydroxyl groups is 1. The van der Waals surface area contributed by atoms with Crippen LogP contribution in [0.2, 0.25) is 0 Å². The van der Waals surface area contributed by atoms with Gasteiger partial charge in [0.2, 0.25) is 0 Å². The molecule has 0 bridgehead atoms. The van der Waals surface area contributed by atoms with E-state index in [0.717, 1.165) is 5.56 Å². The predicted molar refractivity (Wildman–Crippen MR) is 147 cm³/mol. The highest BCUT2D eigenvalue weighted by Crippen LogP contribution is 2.42. The van der Waals surface area contributed by atoms with Crippen molar-refractivity contribution in [2.24, 2.45) is 0 Å². The van der Waals surface area contributed by atoms with Crippen LogP contribution < -0.4 is 10.9 Å². The fraction of sp³-hybridized carbons (Fsp3) is 0.258. The first kappa shape index (κ1) is 28.1. The molecule has 0 saturated heterocycles. The van der Waals surface area contributed by atoms with Crippen molar-refractivity contribution in [1.82, 2.24) is 10.0 Å². The highest BCUT2D eigenvalue weighted by molar-refractivity contribution is 5.78. The van der Waals surface area contributed by atoms with Gasteiger partial charge in [-0.2, -0.15) is 13.2 Å². The summed E-state index contributed by atoms with van der Waals surface area (Å²) in [6, 6.07) is 24.2. The van der Waals surface area contributed by atoms with Crippen molar-refractivity contribution in [3.05, 3.63) is 125 Å². The molecule has 0 aliphatic rings. The topological polar surface area (TPSA) is 63.5 Å². The lowest BCUT2D eigenvalue weighted by Gasteiger charge is -2.38. The number of pyridine rings is 1. The van der Waals surface area contributed by atoms with Gasteiger partial charge in [-0.15, -0.1) is 0 Å². The molecule has 8 heteroatoms. The molecule has 0 aliphatic carbocycles. The number of benzene rings is 3. The molecule has 0 aliphatic heterocycles. The van der Waals surface area contributed by atoms with Gasteiger partial charge in [-0.25, -0.2) is 0 Å². The number of rotatable bonds is 10. The third-order valence-corrected chi connectivity index (χ3v) is 6.85. The molecule has 2 N–H and O–H groups in total. The fourth-order valence-electron chi connectivity index (χ4n) is 4.73. The SMILES string of the molecule is C=C(NOCc1ccccc1)c1cccc(C(C)(C)CC(O)(Cn2ccc(=O)c3ccccc32)C(F)(F)F)c1. The number of nitrogens with zero attached hydrogens (tertiary/aromatic N) is 1. The van der Waals surface area contributed by atoms with E-state index < -0.39 is 30.2 Å². The molecular weight excluding hydrogens is 505 g/mol. The Morgan fingerprint density at radius 3 is 2.38 bits per heavy atom. The van der Waals surface area contributed by atoms with Crippen molar-refractivity contribution >= 4 is 16.6 Å². The van der Waals surface area contributed by atoms with E-state index in [1.165, 1.54) is 16.8 Å². The van der Waals surface area contributed by atoms with Crippen LogP contribution in [0.4, 0.5) is 13.2 Å². The molecule has 0 saturated carbocycles. The van der Waals surface area contributed by atoms with E-state index in [0.29, 0.717) is 28.9 Å². The number of hydrogen-bond acceptors (Lipinski definition) is 4. The lowest BCUT2D eigenvalue weighted by Crippen LogP contribution is -2.52. The average Bonchev–Trinajstić information content (AvgIpc) is 2.90. The summed E-state index contributed by atoms with van der Waals surface area (Å²) in [4.78, 5) is 17.7. The smallest absolute Gasteiger partial charge is 0.379 e. The van der Waals surface area contributed by atoms with Crippen molar-refractivity contribution in [2.45, 2.75) is 50.6 Å². The first-order valence-corrected chi connectivity index (χ1v) is 12.5. The summed E-state index contributed by atoms with van der Waals surface area (Å²) in [6.45, 7) is 6.86. The van der Waals surface area contributed by atoms with Gasteiger partial charge in [-0.3, -0.25) is 15.1 Å². The number of hydroxylamine groups is 1. The van der Waals surface area contributed by atoms with Gasteiger partial charge in [0.05, 0.1) is 24.4 Å². The van der Waals surface area contributed by atoms with Crippen molar-refractivity contribution in [2.75, 3.05) is 0 Å². The van der Waals surface area contributed by atoms with Crippen LogP contribution in [0.15, 0.2) is 102 Å². The molecule has 1 aromatic heterocycles. The average molecular weight is 537 g/mol. The molecular formula is C31H31F3N2O3. The van der Waals surface area contributed by atoms with Crippen LogP contribution in [-0.4, -0.2) is 21.5 Å². The number of aromatic nitrogens is 1. The summed E-state index contributed by atoms with van der Waals surface area (Å²) in [5, 5.41) is 11.4. The Morgan fingerprint density at radius 1 is 0.974 bits per heavy atom. The zero-order valence-electron chi connectivity index (χ0n) is 21.8. The van der Waals surface area contributed by atoms with E-state index in [9.17, 15) is 23.1 Å². The summed E-state index contributed by atoms with van der Waals surface area (Å²) in [5.74, 6) is 0. The van der Waals surface area contributed by atoms with Crippen LogP contribution in [0.3, 0.4) is 0 Å². The number of halogens is 3. The van der Waals surface area contributed by atoms with Crippen LogP contribution in [0, 0.1) is 0 Å². The number of nitrogens with one attached hydrogen (secondary N) is 1. The monoisotopic (exact) mass is 536 g/mol. The maximum atomic E-state index is 14.4. The standard InChI is InChI=1S/C31H31F3N2O3/c1-22(35-39-19-23-10-5-4-6-11-23)24-12-9-13-25(18-24)29(2,3)20-30(38,31(32,33)34)21-36-17-16-28(37)26-14-7-8-15-27(26)36/h4-18,35,38H,1,19-21H2,2-3H3. The van der Waals surface area contributed by atoms with Crippen molar-refractivity contribution in [1.29, 1.82) is 0 Å². The maximum Gasteiger partial charge on any atom is 0.418 e. The zero-order valence-corrected chi connectivity index (χ0v) is 21.8. The third kappa shape index (κ3) is 6.41. The van der Waals surface area contributed by atoms with Gasteiger partial charge >= 0.3 is 6.18 Å². The van der Waals surface area contributed by atoms with Gasteiger partial charge in [0.25, 0.3) is 0 Å². The molecule has 1 unspecified atom stereocenters. The number of alkyl halides is 3. The molecule has 1 heterocycles. The summed E-state index contributed by atoms with van der Waals surface area (Å²) in [7, 11) is 0. The molecule has 4 rings (SSSR count). The minimum atomic E-state index is -4.93. The minimum Gasteiger partial charge on any atom is -0.379 e. The van der Waals surface area contributed by atoms with Gasteiger partial charge in [0.15, 0.2) is 11.0 Å². The summed E-state index contributed by atoms with van der Waals surface area (Å²) in [5.41, 5.74) is 1.34. The van der Waals surface area contributed by atoms with Gasteiger partial charge < -0.3 is 9.67 Å². The maximum absolute atomic E-state index is 14.4. The molecule has 4 aromatic rings. The normalized spacial score (nSPS) is 13.7. The molecule has 0 amide bonds. The van der Waals surface area contributed by atoms with Crippen molar-refractivity contribution in [3.8, 4) is 0 Å². The fourth-order valence-corrected chi connectivity index (χ4v) is 4.73. The van der Waals surface area contributed by atoms with Gasteiger partial charge in [-0.1, -0.05) is 81.1 Å². The van der Waals surface area contributed by atoms with Crippen molar-refractivity contribution < 1.29 is 23.1 Å². The largest absolute Gasteiger partial charge is 0.418 e. The van der Waals surface area contributed by atoms with Crippen molar-refractivity contribution in [3.63, 3.8) is 0 Å². The Kier molecular flexibility index (Phi) is 7.99. The molecule has 0 spiro atoms. The number of hydrogen-bond donors (Lipinski definition) is 2. The Balaban J connectivity index is 1.56. The zero-order chi connectivity index (χ0) is 28.3. The first-order valence-electron chi connectivity index (χ1n) is 12.5. The summed E-state index contributed by atoms with van der Waals surface area (Å²) >= 11 is 0. The molecule has 3 aromatic carbocycles. The highest BCUT2D eigenvalue weighted by atomic mass is 19.4. The molecule has 204 valence electrons. The molecule has 39 heavy (non-hydrogen) atoms. The van der Waals surface area contributed by atoms with Crippen LogP contribution >= 0.6 is 0 Å². The van der Waals surface area contributed by atoms with E-state index in [1.54, 1.807) is 62.4 Å². The van der Waals surface area contributed by atoms with Gasteiger partial charge in [0.1, 0.15) is 0 Å². The van der Waals surface area contributed by atoms with Crippen LogP contribution in [0.5, 0.6) is 0 Å². The summed E-state index contributed by atoms with van der Waals surface area (Å²) in [6.07, 6.45) is -4.25. The van der Waals surface area contributed by atoms with Gasteiger partial charge in [0, 0.05) is 17.6 Å². The van der Waals surface area contributed by atoms with E-state index in [-0.39, 0.29) is 10.8 Å². The molecule has 0 radical (unpaired) electrons. The Bertz CT molecular complexity index is 1510. The lowest BCUT2D eigenvalue weighted by molar-refractivity contribution is -0.271. The third-order valence-electron chi connectivity index (χ3n) is 6.85. The van der Waals surface area contributed by atoms with E-state index >= 15 is 0 Å². The second-order valence-electron chi connectivity index (χ2n) is 10.4. The molecule has 5 nitrogen and oxygen atoms in total. The minimum absolute atomic E-state index is 0.289. The quantitative estimate of drug-likeness (QED) is 0.232. The number of para-hydroxylation sites is 1. The highest BCUT2D eigenvalue weighted by Gasteiger charge is 2.56. The Morgan fingerprint density at radius 2 is 1.67 bits per heavy atom. The molecule has 0 fully saturated rings. The van der Waals surface area contributed by atoms with Crippen LogP contribution in [0.25, 0.3) is 16.6 Å².